The number of methoxy groups -OCH3 is 1. The molecule has 0 unspecified atom stereocenters. The molecule has 36 heavy (non-hydrogen) atoms. The third kappa shape index (κ3) is 6.89. The molecule has 0 aliphatic rings. The molecular weight excluding hydrogens is 539 g/mol. The number of benzene rings is 1. The third-order valence-corrected chi connectivity index (χ3v) is 5.00. The Labute approximate surface area is 217 Å². The van der Waals surface area contributed by atoms with Crippen molar-refractivity contribution in [3.63, 3.8) is 0 Å². The Morgan fingerprint density at radius 2 is 1.78 bits per heavy atom. The Bertz CT molecular complexity index is 1360. The summed E-state index contributed by atoms with van der Waals surface area (Å²) in [6, 6.07) is 9.05. The summed E-state index contributed by atoms with van der Waals surface area (Å²) in [5.41, 5.74) is 2.97. The van der Waals surface area contributed by atoms with Crippen LogP contribution in [0.5, 0.6) is 17.5 Å². The van der Waals surface area contributed by atoms with E-state index in [1.165, 1.54) is 36.7 Å². The minimum absolute atomic E-state index is 0.0213. The largest absolute Gasteiger partial charge is 0.480 e. The van der Waals surface area contributed by atoms with E-state index in [4.69, 9.17) is 54.6 Å². The van der Waals surface area contributed by atoms with Crippen LogP contribution in [0.2, 0.25) is 15.2 Å². The van der Waals surface area contributed by atoms with E-state index in [0.717, 1.165) is 0 Å². The quantitative estimate of drug-likeness (QED) is 0.274. The molecule has 3 N–H and O–H groups in total. The first-order valence-electron chi connectivity index (χ1n) is 9.53. The molecule has 0 radical (unpaired) electrons. The van der Waals surface area contributed by atoms with Gasteiger partial charge < -0.3 is 14.6 Å². The fourth-order valence-electron chi connectivity index (χ4n) is 2.54. The molecule has 0 bridgehead atoms. The lowest BCUT2D eigenvalue weighted by Gasteiger charge is -2.11. The topological polar surface area (TPSA) is 185 Å². The Kier molecular flexibility index (Phi) is 8.74. The van der Waals surface area contributed by atoms with Gasteiger partial charge in [0.1, 0.15) is 6.07 Å². The van der Waals surface area contributed by atoms with Crippen LogP contribution in [-0.2, 0) is 11.2 Å². The van der Waals surface area contributed by atoms with E-state index < -0.39 is 17.7 Å². The van der Waals surface area contributed by atoms with Crippen molar-refractivity contribution in [1.82, 2.24) is 25.7 Å². The van der Waals surface area contributed by atoms with Gasteiger partial charge in [-0.2, -0.15) is 15.5 Å². The van der Waals surface area contributed by atoms with E-state index >= 15 is 0 Å². The number of imide groups is 1. The monoisotopic (exact) mass is 550 g/mol. The van der Waals surface area contributed by atoms with E-state index in [0.29, 0.717) is 17.1 Å². The van der Waals surface area contributed by atoms with Crippen LogP contribution >= 0.6 is 34.8 Å². The first kappa shape index (κ1) is 26.4. The molecular formula is C20H13Cl3N8O5. The van der Waals surface area contributed by atoms with Gasteiger partial charge in [-0.05, 0) is 18.2 Å². The molecule has 184 valence electrons. The summed E-state index contributed by atoms with van der Waals surface area (Å²) < 4.78 is 10.7. The Hall–Kier alpha value is -4.25. The van der Waals surface area contributed by atoms with Gasteiger partial charge in [-0.1, -0.05) is 34.8 Å². The minimum atomic E-state index is -1.64. The number of carboxylic acid groups (broad SMARTS) is 1. The molecule has 0 atom stereocenters. The van der Waals surface area contributed by atoms with Gasteiger partial charge in [0.25, 0.3) is 5.91 Å². The maximum Gasteiger partial charge on any atom is 0.411 e. The average Bonchev–Trinajstić information content (AvgIpc) is 2.83. The number of aromatic nitrogens is 4. The molecule has 0 aliphatic carbocycles. The van der Waals surface area contributed by atoms with Gasteiger partial charge in [-0.15, -0.1) is 15.3 Å². The van der Waals surface area contributed by atoms with Crippen molar-refractivity contribution in [3.8, 4) is 23.6 Å². The van der Waals surface area contributed by atoms with E-state index in [1.807, 2.05) is 0 Å². The zero-order valence-corrected chi connectivity index (χ0v) is 20.3. The van der Waals surface area contributed by atoms with Gasteiger partial charge in [-0.25, -0.2) is 4.79 Å². The van der Waals surface area contributed by atoms with Gasteiger partial charge in [0, 0.05) is 24.1 Å². The highest BCUT2D eigenvalue weighted by atomic mass is 35.5. The summed E-state index contributed by atoms with van der Waals surface area (Å²) in [5, 5.41) is 38.5. The summed E-state index contributed by atoms with van der Waals surface area (Å²) in [6.45, 7) is 0. The Morgan fingerprint density at radius 3 is 2.36 bits per heavy atom. The molecule has 0 saturated carbocycles. The fourth-order valence-corrected chi connectivity index (χ4v) is 3.27. The summed E-state index contributed by atoms with van der Waals surface area (Å²) in [4.78, 5) is 22.1. The number of halogens is 3. The summed E-state index contributed by atoms with van der Waals surface area (Å²) in [5.74, 6) is -0.784. The molecule has 13 nitrogen and oxygen atoms in total. The van der Waals surface area contributed by atoms with Gasteiger partial charge in [0.2, 0.25) is 17.5 Å². The third-order valence-electron chi connectivity index (χ3n) is 4.12. The van der Waals surface area contributed by atoms with Crippen LogP contribution in [0, 0.1) is 11.3 Å². The number of hydrogen-bond acceptors (Lipinski definition) is 11. The highest BCUT2D eigenvalue weighted by Crippen LogP contribution is 2.38. The predicted octanol–water partition coefficient (Wildman–Crippen LogP) is 3.70. The van der Waals surface area contributed by atoms with E-state index in [9.17, 15) is 9.59 Å². The summed E-state index contributed by atoms with van der Waals surface area (Å²) in [7, 11) is 1.48. The van der Waals surface area contributed by atoms with Gasteiger partial charge >= 0.3 is 6.09 Å². The number of nitriles is 1. The number of hydrogen-bond donors (Lipinski definition) is 3. The highest BCUT2D eigenvalue weighted by Gasteiger charge is 2.16. The zero-order chi connectivity index (χ0) is 26.2. The van der Waals surface area contributed by atoms with Crippen LogP contribution < -0.4 is 20.2 Å². The van der Waals surface area contributed by atoms with E-state index in [1.54, 1.807) is 12.1 Å². The Morgan fingerprint density at radius 1 is 1.08 bits per heavy atom. The lowest BCUT2D eigenvalue weighted by atomic mass is 10.1. The molecule has 2 aromatic heterocycles. The van der Waals surface area contributed by atoms with Gasteiger partial charge in [-0.3, -0.25) is 15.5 Å². The van der Waals surface area contributed by atoms with Crippen LogP contribution in [-0.4, -0.2) is 50.3 Å². The molecule has 0 fully saturated rings. The van der Waals surface area contributed by atoms with Crippen LogP contribution in [0.4, 0.5) is 10.5 Å². The van der Waals surface area contributed by atoms with Crippen LogP contribution in [0.1, 0.15) is 11.3 Å². The van der Waals surface area contributed by atoms with Crippen molar-refractivity contribution in [2.75, 3.05) is 12.5 Å². The molecule has 0 spiro atoms. The lowest BCUT2D eigenvalue weighted by Crippen LogP contribution is -2.34. The molecule has 16 heteroatoms. The number of nitrogens with one attached hydrogen (secondary N) is 2. The van der Waals surface area contributed by atoms with Crippen molar-refractivity contribution in [2.24, 2.45) is 5.10 Å². The smallest absolute Gasteiger partial charge is 0.411 e. The first-order valence-corrected chi connectivity index (χ1v) is 10.7. The number of anilines is 1. The molecule has 0 aliphatic heterocycles. The van der Waals surface area contributed by atoms with E-state index in [2.05, 4.69) is 30.9 Å². The second-order valence-electron chi connectivity index (χ2n) is 6.56. The average molecular weight is 552 g/mol. The van der Waals surface area contributed by atoms with Crippen LogP contribution in [0.15, 0.2) is 35.4 Å². The SMILES string of the molecule is COc1ccc(Cc2cc(Oc3c(Cl)cc(N/N=C(/C#N)C(=O)NC(=O)O)cc3Cl)nnc2Cl)nn1. The normalized spacial score (nSPS) is 10.8. The maximum absolute atomic E-state index is 11.6. The summed E-state index contributed by atoms with van der Waals surface area (Å²) >= 11 is 18.7. The van der Waals surface area contributed by atoms with Crippen molar-refractivity contribution in [2.45, 2.75) is 6.42 Å². The van der Waals surface area contributed by atoms with Crippen molar-refractivity contribution >= 4 is 58.2 Å². The number of nitrogens with zero attached hydrogens (tertiary/aromatic N) is 6. The van der Waals surface area contributed by atoms with Crippen molar-refractivity contribution in [3.05, 3.63) is 56.8 Å². The van der Waals surface area contributed by atoms with Crippen LogP contribution in [0.25, 0.3) is 0 Å². The number of carbonyl (C=O) groups is 2. The number of ether oxygens (including phenoxy) is 2. The molecule has 1 aromatic carbocycles. The minimum Gasteiger partial charge on any atom is -0.480 e. The molecule has 2 heterocycles. The Balaban J connectivity index is 1.78. The summed E-state index contributed by atoms with van der Waals surface area (Å²) in [6.07, 6.45) is -1.36. The fraction of sp³-hybridized carbons (Fsp3) is 0.100. The zero-order valence-electron chi connectivity index (χ0n) is 18.0. The van der Waals surface area contributed by atoms with Gasteiger partial charge in [0.05, 0.1) is 28.5 Å². The standard InChI is InChI=1S/C20H13Cl3N8O5/c1-35-15-3-2-10(26-29-15)4-9-5-16(30-31-18(9)23)36-17-12(21)6-11(7-13(17)22)27-28-14(8-24)19(32)25-20(33)34/h2-3,5-7,27H,4H2,1H3,(H,25,32)(H,33,34)/b28-14-. The predicted molar refractivity (Wildman–Crippen MR) is 128 cm³/mol. The number of carbonyl (C=O) groups excluding carboxylic acids is 1. The molecule has 2 amide bonds. The second kappa shape index (κ2) is 11.9. The molecule has 0 saturated heterocycles. The van der Waals surface area contributed by atoms with Gasteiger partial charge in [0.15, 0.2) is 10.9 Å². The number of hydrazone groups is 1. The second-order valence-corrected chi connectivity index (χ2v) is 7.73. The lowest BCUT2D eigenvalue weighted by molar-refractivity contribution is -0.114. The van der Waals surface area contributed by atoms with Crippen molar-refractivity contribution in [1.29, 1.82) is 5.26 Å². The van der Waals surface area contributed by atoms with Crippen LogP contribution in [0.3, 0.4) is 0 Å². The first-order chi connectivity index (χ1) is 17.2. The molecule has 3 aromatic rings. The molecule has 3 rings (SSSR count). The van der Waals surface area contributed by atoms with E-state index in [-0.39, 0.29) is 38.9 Å². The number of amides is 2. The van der Waals surface area contributed by atoms with Crippen molar-refractivity contribution < 1.29 is 24.2 Å². The maximum atomic E-state index is 11.6. The number of rotatable bonds is 8. The highest BCUT2D eigenvalue weighted by molar-refractivity contribution is 6.46.